The fourth-order valence-electron chi connectivity index (χ4n) is 2.86. The summed E-state index contributed by atoms with van der Waals surface area (Å²) in [4.78, 5) is 4.82. The van der Waals surface area contributed by atoms with Crippen LogP contribution in [0.15, 0.2) is 24.3 Å². The van der Waals surface area contributed by atoms with Crippen LogP contribution in [0.4, 0.5) is 5.00 Å². The highest BCUT2D eigenvalue weighted by Gasteiger charge is 2.22. The lowest BCUT2D eigenvalue weighted by atomic mass is 10.1. The predicted molar refractivity (Wildman–Crippen MR) is 89.0 cm³/mol. The lowest BCUT2D eigenvalue weighted by Gasteiger charge is -2.06. The van der Waals surface area contributed by atoms with Crippen molar-refractivity contribution >= 4 is 16.3 Å². The highest BCUT2D eigenvalue weighted by Crippen LogP contribution is 2.41. The summed E-state index contributed by atoms with van der Waals surface area (Å²) in [6.45, 7) is 2.85. The van der Waals surface area contributed by atoms with Gasteiger partial charge in [0.05, 0.1) is 11.6 Å². The van der Waals surface area contributed by atoms with Gasteiger partial charge in [-0.3, -0.25) is 0 Å². The second-order valence-corrected chi connectivity index (χ2v) is 6.68. The first-order valence-electron chi connectivity index (χ1n) is 7.77. The van der Waals surface area contributed by atoms with Crippen molar-refractivity contribution in [3.8, 4) is 17.0 Å². The second-order valence-electron chi connectivity index (χ2n) is 5.62. The van der Waals surface area contributed by atoms with Gasteiger partial charge < -0.3 is 10.5 Å². The number of rotatable bonds is 5. The normalized spacial score (nSPS) is 15.5. The maximum atomic E-state index is 6.21. The van der Waals surface area contributed by atoms with Crippen LogP contribution in [0.25, 0.3) is 11.3 Å². The number of hydrogen-bond donors (Lipinski definition) is 1. The molecule has 1 aliphatic rings. The van der Waals surface area contributed by atoms with Crippen molar-refractivity contribution in [1.29, 1.82) is 0 Å². The topological polar surface area (TPSA) is 48.1 Å². The van der Waals surface area contributed by atoms with Crippen molar-refractivity contribution in [1.82, 2.24) is 4.98 Å². The number of hydrogen-bond acceptors (Lipinski definition) is 4. The molecular weight excluding hydrogens is 280 g/mol. The van der Waals surface area contributed by atoms with Crippen molar-refractivity contribution in [3.63, 3.8) is 0 Å². The molecule has 0 amide bonds. The van der Waals surface area contributed by atoms with Crippen molar-refractivity contribution < 1.29 is 4.74 Å². The third-order valence-corrected chi connectivity index (χ3v) is 5.00. The number of anilines is 1. The fraction of sp³-hybridized carbons (Fsp3) is 0.471. The van der Waals surface area contributed by atoms with Gasteiger partial charge in [0.15, 0.2) is 0 Å². The van der Waals surface area contributed by atoms with E-state index in [0.717, 1.165) is 35.0 Å². The summed E-state index contributed by atoms with van der Waals surface area (Å²) >= 11 is 1.66. The number of nitrogens with zero attached hydrogens (tertiary/aromatic N) is 1. The van der Waals surface area contributed by atoms with Gasteiger partial charge in [-0.2, -0.15) is 0 Å². The zero-order valence-corrected chi connectivity index (χ0v) is 13.3. The summed E-state index contributed by atoms with van der Waals surface area (Å²) in [5.41, 5.74) is 8.18. The summed E-state index contributed by atoms with van der Waals surface area (Å²) in [6, 6.07) is 8.09. The van der Waals surface area contributed by atoms with E-state index < -0.39 is 0 Å². The van der Waals surface area contributed by atoms with Crippen molar-refractivity contribution in [2.24, 2.45) is 0 Å². The van der Waals surface area contributed by atoms with Gasteiger partial charge in [0.2, 0.25) is 0 Å². The van der Waals surface area contributed by atoms with Gasteiger partial charge in [-0.15, -0.1) is 11.3 Å². The summed E-state index contributed by atoms with van der Waals surface area (Å²) in [5, 5.41) is 2.03. The van der Waals surface area contributed by atoms with Crippen LogP contribution in [0.2, 0.25) is 0 Å². The molecule has 1 heterocycles. The van der Waals surface area contributed by atoms with Crippen molar-refractivity contribution in [2.45, 2.75) is 44.9 Å². The predicted octanol–water partition coefficient (Wildman–Crippen LogP) is 4.84. The number of benzene rings is 1. The Balaban J connectivity index is 1.85. The van der Waals surface area contributed by atoms with Gasteiger partial charge in [0, 0.05) is 11.5 Å². The van der Waals surface area contributed by atoms with Crippen LogP contribution in [-0.4, -0.2) is 11.6 Å². The molecule has 2 N–H and O–H groups in total. The molecule has 4 heteroatoms. The molecule has 1 aromatic heterocycles. The minimum absolute atomic E-state index is 0.616. The molecule has 3 rings (SSSR count). The number of aromatic nitrogens is 1. The Morgan fingerprint density at radius 2 is 2.14 bits per heavy atom. The zero-order valence-electron chi connectivity index (χ0n) is 12.5. The molecule has 2 aromatic rings. The highest BCUT2D eigenvalue weighted by molar-refractivity contribution is 7.16. The molecule has 1 aliphatic carbocycles. The van der Waals surface area contributed by atoms with E-state index in [4.69, 9.17) is 15.5 Å². The summed E-state index contributed by atoms with van der Waals surface area (Å²) in [6.07, 6.45) is 6.16. The van der Waals surface area contributed by atoms with Crippen LogP contribution in [0.1, 0.15) is 50.0 Å². The fourth-order valence-corrected chi connectivity index (χ4v) is 3.88. The van der Waals surface area contributed by atoms with Gasteiger partial charge in [-0.25, -0.2) is 4.98 Å². The highest BCUT2D eigenvalue weighted by atomic mass is 32.1. The van der Waals surface area contributed by atoms with E-state index in [1.165, 1.54) is 30.7 Å². The van der Waals surface area contributed by atoms with Gasteiger partial charge in [-0.05, 0) is 31.4 Å². The van der Waals surface area contributed by atoms with Crippen LogP contribution < -0.4 is 10.5 Å². The summed E-state index contributed by atoms with van der Waals surface area (Å²) in [5.74, 6) is 1.51. The van der Waals surface area contributed by atoms with E-state index in [1.807, 2.05) is 18.2 Å². The quantitative estimate of drug-likeness (QED) is 0.859. The molecule has 0 bridgehead atoms. The maximum absolute atomic E-state index is 6.21. The number of ether oxygens (including phenoxy) is 1. The van der Waals surface area contributed by atoms with Crippen LogP contribution in [0.5, 0.6) is 5.75 Å². The van der Waals surface area contributed by atoms with E-state index in [-0.39, 0.29) is 0 Å². The van der Waals surface area contributed by atoms with Gasteiger partial charge in [0.25, 0.3) is 0 Å². The van der Waals surface area contributed by atoms with Crippen LogP contribution in [0, 0.1) is 0 Å². The molecular formula is C17H22N2OS. The first-order chi connectivity index (χ1) is 10.3. The molecule has 0 radical (unpaired) electrons. The van der Waals surface area contributed by atoms with Gasteiger partial charge in [0.1, 0.15) is 16.4 Å². The van der Waals surface area contributed by atoms with E-state index >= 15 is 0 Å². The van der Waals surface area contributed by atoms with E-state index in [1.54, 1.807) is 11.3 Å². The molecule has 21 heavy (non-hydrogen) atoms. The maximum Gasteiger partial charge on any atom is 0.119 e. The Labute approximate surface area is 130 Å². The first kappa shape index (κ1) is 14.4. The summed E-state index contributed by atoms with van der Waals surface area (Å²) < 4.78 is 5.70. The first-order valence-corrected chi connectivity index (χ1v) is 8.59. The Hall–Kier alpha value is -1.55. The SMILES string of the molecule is CCCOc1cccc(-c2nc(C3CCCC3)sc2N)c1. The molecule has 1 saturated carbocycles. The molecule has 1 fully saturated rings. The number of thiazole rings is 1. The Morgan fingerprint density at radius 3 is 2.90 bits per heavy atom. The van der Waals surface area contributed by atoms with E-state index in [9.17, 15) is 0 Å². The van der Waals surface area contributed by atoms with Crippen molar-refractivity contribution in [3.05, 3.63) is 29.3 Å². The molecule has 1 aromatic carbocycles. The molecule has 0 aliphatic heterocycles. The molecule has 3 nitrogen and oxygen atoms in total. The van der Waals surface area contributed by atoms with Crippen LogP contribution >= 0.6 is 11.3 Å². The monoisotopic (exact) mass is 302 g/mol. The van der Waals surface area contributed by atoms with Gasteiger partial charge >= 0.3 is 0 Å². The summed E-state index contributed by atoms with van der Waals surface area (Å²) in [7, 11) is 0. The van der Waals surface area contributed by atoms with E-state index in [2.05, 4.69) is 13.0 Å². The third kappa shape index (κ3) is 3.21. The molecule has 0 saturated heterocycles. The second kappa shape index (κ2) is 6.48. The number of nitrogen functional groups attached to an aromatic ring is 1. The Bertz CT molecular complexity index is 603. The lowest BCUT2D eigenvalue weighted by molar-refractivity contribution is 0.317. The molecule has 0 atom stereocenters. The molecule has 112 valence electrons. The third-order valence-electron chi connectivity index (χ3n) is 3.95. The minimum Gasteiger partial charge on any atom is -0.494 e. The Morgan fingerprint density at radius 1 is 1.33 bits per heavy atom. The lowest BCUT2D eigenvalue weighted by Crippen LogP contribution is -1.95. The van der Waals surface area contributed by atoms with Gasteiger partial charge in [-0.1, -0.05) is 31.9 Å². The largest absolute Gasteiger partial charge is 0.494 e. The average molecular weight is 302 g/mol. The minimum atomic E-state index is 0.616. The average Bonchev–Trinajstić information content (AvgIpc) is 3.14. The Kier molecular flexibility index (Phi) is 4.44. The smallest absolute Gasteiger partial charge is 0.119 e. The molecule has 0 unspecified atom stereocenters. The standard InChI is InChI=1S/C17H22N2OS/c1-2-10-20-14-9-5-8-13(11-14)15-16(18)21-17(19-15)12-6-3-4-7-12/h5,8-9,11-12H,2-4,6-7,10,18H2,1H3. The number of nitrogens with two attached hydrogens (primary N) is 1. The van der Waals surface area contributed by atoms with Crippen LogP contribution in [0.3, 0.4) is 0 Å². The van der Waals surface area contributed by atoms with Crippen LogP contribution in [-0.2, 0) is 0 Å². The van der Waals surface area contributed by atoms with E-state index in [0.29, 0.717) is 5.92 Å². The zero-order chi connectivity index (χ0) is 14.7. The molecule has 0 spiro atoms. The van der Waals surface area contributed by atoms with Crippen molar-refractivity contribution in [2.75, 3.05) is 12.3 Å².